The minimum Gasteiger partial charge on any atom is -0.409 e. The minimum absolute atomic E-state index is 0.258. The molecule has 0 radical (unpaired) electrons. The first-order valence-corrected chi connectivity index (χ1v) is 6.92. The highest BCUT2D eigenvalue weighted by atomic mass is 16.4. The topological polar surface area (TPSA) is 76.4 Å². The van der Waals surface area contributed by atoms with Gasteiger partial charge in [0.25, 0.3) is 0 Å². The second-order valence-electron chi connectivity index (χ2n) is 5.75. The SMILES string of the molecule is CC(C)(CCCCn1cnc2ccccc21)/C(N)=N/O. The van der Waals surface area contributed by atoms with Crippen LogP contribution in [0.25, 0.3) is 11.0 Å². The predicted octanol–water partition coefficient (Wildman–Crippen LogP) is 2.98. The van der Waals surface area contributed by atoms with Crippen molar-refractivity contribution in [2.24, 2.45) is 16.3 Å². The maximum atomic E-state index is 8.75. The van der Waals surface area contributed by atoms with Crippen LogP contribution < -0.4 is 5.73 Å². The van der Waals surface area contributed by atoms with Gasteiger partial charge in [0.05, 0.1) is 17.4 Å². The summed E-state index contributed by atoms with van der Waals surface area (Å²) in [7, 11) is 0. The van der Waals surface area contributed by atoms with Crippen molar-refractivity contribution in [3.63, 3.8) is 0 Å². The lowest BCUT2D eigenvalue weighted by molar-refractivity contribution is 0.304. The van der Waals surface area contributed by atoms with E-state index in [-0.39, 0.29) is 5.41 Å². The predicted molar refractivity (Wildman–Crippen MR) is 80.8 cm³/mol. The molecule has 20 heavy (non-hydrogen) atoms. The van der Waals surface area contributed by atoms with Gasteiger partial charge in [0, 0.05) is 12.0 Å². The molecule has 2 aromatic rings. The van der Waals surface area contributed by atoms with Crippen molar-refractivity contribution in [1.29, 1.82) is 0 Å². The molecule has 5 heteroatoms. The largest absolute Gasteiger partial charge is 0.409 e. The molecule has 0 fully saturated rings. The van der Waals surface area contributed by atoms with Crippen LogP contribution in [0.15, 0.2) is 35.7 Å². The highest BCUT2D eigenvalue weighted by molar-refractivity contribution is 5.85. The second kappa shape index (κ2) is 5.94. The van der Waals surface area contributed by atoms with Crippen LogP contribution in [-0.2, 0) is 6.54 Å². The quantitative estimate of drug-likeness (QED) is 0.279. The summed E-state index contributed by atoms with van der Waals surface area (Å²) in [5, 5.41) is 11.9. The number of benzene rings is 1. The lowest BCUT2D eigenvalue weighted by atomic mass is 9.86. The summed E-state index contributed by atoms with van der Waals surface area (Å²) in [5.74, 6) is 0.297. The molecule has 0 amide bonds. The summed E-state index contributed by atoms with van der Waals surface area (Å²) in [6.45, 7) is 4.93. The molecule has 0 spiro atoms. The summed E-state index contributed by atoms with van der Waals surface area (Å²) in [6.07, 6.45) is 4.85. The molecule has 1 aromatic carbocycles. The van der Waals surface area contributed by atoms with Gasteiger partial charge in [0.2, 0.25) is 0 Å². The number of amidine groups is 1. The zero-order valence-corrected chi connectivity index (χ0v) is 12.1. The van der Waals surface area contributed by atoms with Crippen molar-refractivity contribution in [3.05, 3.63) is 30.6 Å². The zero-order valence-electron chi connectivity index (χ0n) is 12.1. The van der Waals surface area contributed by atoms with Crippen molar-refractivity contribution >= 4 is 16.9 Å². The van der Waals surface area contributed by atoms with Crippen molar-refractivity contribution in [2.75, 3.05) is 0 Å². The number of oxime groups is 1. The smallest absolute Gasteiger partial charge is 0.144 e. The Morgan fingerprint density at radius 3 is 2.85 bits per heavy atom. The summed E-state index contributed by atoms with van der Waals surface area (Å²) < 4.78 is 2.17. The third kappa shape index (κ3) is 3.10. The van der Waals surface area contributed by atoms with E-state index in [4.69, 9.17) is 10.9 Å². The lowest BCUT2D eigenvalue weighted by Crippen LogP contribution is -2.31. The van der Waals surface area contributed by atoms with Crippen molar-refractivity contribution in [2.45, 2.75) is 39.7 Å². The first kappa shape index (κ1) is 14.4. The molecular formula is C15H22N4O. The molecule has 0 atom stereocenters. The van der Waals surface area contributed by atoms with Crippen molar-refractivity contribution in [1.82, 2.24) is 9.55 Å². The Morgan fingerprint density at radius 1 is 1.35 bits per heavy atom. The number of nitrogens with two attached hydrogens (primary N) is 1. The van der Waals surface area contributed by atoms with Crippen molar-refractivity contribution in [3.8, 4) is 0 Å². The number of aromatic nitrogens is 2. The molecule has 0 aliphatic heterocycles. The lowest BCUT2D eigenvalue weighted by Gasteiger charge is -2.22. The number of aryl methyl sites for hydroxylation is 1. The van der Waals surface area contributed by atoms with E-state index in [0.29, 0.717) is 5.84 Å². The molecule has 0 unspecified atom stereocenters. The van der Waals surface area contributed by atoms with Crippen molar-refractivity contribution < 1.29 is 5.21 Å². The number of para-hydroxylation sites is 2. The van der Waals surface area contributed by atoms with E-state index in [9.17, 15) is 0 Å². The first-order valence-electron chi connectivity index (χ1n) is 6.92. The molecule has 0 aliphatic rings. The maximum Gasteiger partial charge on any atom is 0.144 e. The molecule has 0 bridgehead atoms. The zero-order chi connectivity index (χ0) is 14.6. The van der Waals surface area contributed by atoms with Gasteiger partial charge >= 0.3 is 0 Å². The maximum absolute atomic E-state index is 8.75. The van der Waals surface area contributed by atoms with Crippen LogP contribution in [0.3, 0.4) is 0 Å². The highest BCUT2D eigenvalue weighted by Crippen LogP contribution is 2.23. The van der Waals surface area contributed by atoms with Gasteiger partial charge < -0.3 is 15.5 Å². The molecule has 108 valence electrons. The highest BCUT2D eigenvalue weighted by Gasteiger charge is 2.22. The van der Waals surface area contributed by atoms with E-state index >= 15 is 0 Å². The molecule has 1 aromatic heterocycles. The van der Waals surface area contributed by atoms with Gasteiger partial charge in [-0.1, -0.05) is 37.6 Å². The van der Waals surface area contributed by atoms with Gasteiger partial charge in [-0.3, -0.25) is 0 Å². The average molecular weight is 274 g/mol. The van der Waals surface area contributed by atoms with E-state index in [1.807, 2.05) is 38.4 Å². The number of fused-ring (bicyclic) bond motifs is 1. The van der Waals surface area contributed by atoms with Gasteiger partial charge in [-0.25, -0.2) is 4.98 Å². The van der Waals surface area contributed by atoms with E-state index < -0.39 is 0 Å². The fourth-order valence-electron chi connectivity index (χ4n) is 2.30. The molecule has 2 rings (SSSR count). The number of hydrogen-bond acceptors (Lipinski definition) is 3. The summed E-state index contributed by atoms with van der Waals surface area (Å²) in [4.78, 5) is 4.38. The third-order valence-corrected chi connectivity index (χ3v) is 3.78. The second-order valence-corrected chi connectivity index (χ2v) is 5.75. The third-order valence-electron chi connectivity index (χ3n) is 3.78. The van der Waals surface area contributed by atoms with Crippen LogP contribution in [-0.4, -0.2) is 20.6 Å². The number of rotatable bonds is 6. The van der Waals surface area contributed by atoms with E-state index in [0.717, 1.165) is 31.3 Å². The van der Waals surface area contributed by atoms with Crippen LogP contribution in [0, 0.1) is 5.41 Å². The van der Waals surface area contributed by atoms with E-state index in [2.05, 4.69) is 20.8 Å². The van der Waals surface area contributed by atoms with Crippen LogP contribution in [0.5, 0.6) is 0 Å². The van der Waals surface area contributed by atoms with Crippen LogP contribution in [0.1, 0.15) is 33.1 Å². The first-order chi connectivity index (χ1) is 9.54. The van der Waals surface area contributed by atoms with Gasteiger partial charge in [0.15, 0.2) is 0 Å². The Hall–Kier alpha value is -2.04. The van der Waals surface area contributed by atoms with E-state index in [1.54, 1.807) is 0 Å². The van der Waals surface area contributed by atoms with Gasteiger partial charge in [-0.05, 0) is 25.0 Å². The Morgan fingerprint density at radius 2 is 2.10 bits per heavy atom. The molecule has 1 heterocycles. The normalized spacial score (nSPS) is 13.0. The summed E-state index contributed by atoms with van der Waals surface area (Å²) in [6, 6.07) is 8.14. The van der Waals surface area contributed by atoms with E-state index in [1.165, 1.54) is 5.52 Å². The number of nitrogens with zero attached hydrogens (tertiary/aromatic N) is 3. The minimum atomic E-state index is -0.258. The van der Waals surface area contributed by atoms with Gasteiger partial charge in [-0.15, -0.1) is 0 Å². The number of unbranched alkanes of at least 4 members (excludes halogenated alkanes) is 1. The average Bonchev–Trinajstić information content (AvgIpc) is 2.86. The van der Waals surface area contributed by atoms with Gasteiger partial charge in [-0.2, -0.15) is 0 Å². The molecule has 0 saturated carbocycles. The summed E-state index contributed by atoms with van der Waals surface area (Å²) >= 11 is 0. The van der Waals surface area contributed by atoms with Crippen LogP contribution in [0.4, 0.5) is 0 Å². The fourth-order valence-corrected chi connectivity index (χ4v) is 2.30. The van der Waals surface area contributed by atoms with Crippen LogP contribution >= 0.6 is 0 Å². The Bertz CT molecular complexity index is 601. The number of imidazole rings is 1. The Kier molecular flexibility index (Phi) is 4.27. The number of hydrogen-bond donors (Lipinski definition) is 2. The molecule has 3 N–H and O–H groups in total. The standard InChI is InChI=1S/C15H22N4O/c1-15(2,14(16)18-20)9-5-6-10-19-11-17-12-7-3-4-8-13(12)19/h3-4,7-8,11,20H,5-6,9-10H2,1-2H3,(H2,16,18). The molecular weight excluding hydrogens is 252 g/mol. The van der Waals surface area contributed by atoms with Crippen LogP contribution in [0.2, 0.25) is 0 Å². The fraction of sp³-hybridized carbons (Fsp3) is 0.467. The monoisotopic (exact) mass is 274 g/mol. The van der Waals surface area contributed by atoms with Gasteiger partial charge in [0.1, 0.15) is 5.84 Å². The molecule has 5 nitrogen and oxygen atoms in total. The summed E-state index contributed by atoms with van der Waals surface area (Å²) in [5.41, 5.74) is 7.63. The molecule has 0 aliphatic carbocycles. The Balaban J connectivity index is 1.88. The molecule has 0 saturated heterocycles. The Labute approximate surface area is 119 Å².